The molecule has 2 saturated carbocycles. The molecule has 0 bridgehead atoms. The Morgan fingerprint density at radius 2 is 1.86 bits per heavy atom. The predicted octanol–water partition coefficient (Wildman–Crippen LogP) is 1.86. The van der Waals surface area contributed by atoms with Gasteiger partial charge in [0.25, 0.3) is 5.91 Å². The van der Waals surface area contributed by atoms with Gasteiger partial charge in [-0.05, 0) is 55.9 Å². The van der Waals surface area contributed by atoms with Gasteiger partial charge in [-0.15, -0.1) is 0 Å². The van der Waals surface area contributed by atoms with Gasteiger partial charge in [0, 0.05) is 6.54 Å². The summed E-state index contributed by atoms with van der Waals surface area (Å²) >= 11 is 0. The first-order valence-electron chi connectivity index (χ1n) is 8.29. The first-order valence-corrected chi connectivity index (χ1v) is 8.29. The number of rotatable bonds is 4. The summed E-state index contributed by atoms with van der Waals surface area (Å²) in [7, 11) is 0. The number of carbonyl (C=O) groups excluding carboxylic acids is 2. The molecule has 0 aromatic carbocycles. The van der Waals surface area contributed by atoms with E-state index in [1.807, 2.05) is 0 Å². The summed E-state index contributed by atoms with van der Waals surface area (Å²) in [5, 5.41) is 3.07. The maximum atomic E-state index is 13.0. The van der Waals surface area contributed by atoms with E-state index in [-0.39, 0.29) is 29.2 Å². The van der Waals surface area contributed by atoms with Crippen LogP contribution in [-0.4, -0.2) is 35.5 Å². The molecular weight excluding hydrogens is 266 g/mol. The van der Waals surface area contributed by atoms with Gasteiger partial charge in [0.05, 0.1) is 0 Å². The second kappa shape index (κ2) is 4.97. The van der Waals surface area contributed by atoms with E-state index in [4.69, 9.17) is 5.73 Å². The average molecular weight is 293 g/mol. The number of amides is 3. The SMILES string of the molecule is CC1CCCC(C)C12NC(=O)N(CC1(CCN)CC1)C2=O. The van der Waals surface area contributed by atoms with Crippen LogP contribution >= 0.6 is 0 Å². The van der Waals surface area contributed by atoms with Crippen LogP contribution in [0.1, 0.15) is 52.4 Å². The van der Waals surface area contributed by atoms with Gasteiger partial charge in [0.2, 0.25) is 0 Å². The topological polar surface area (TPSA) is 75.4 Å². The fourth-order valence-corrected chi connectivity index (χ4v) is 4.40. The van der Waals surface area contributed by atoms with Crippen molar-refractivity contribution in [2.24, 2.45) is 23.0 Å². The van der Waals surface area contributed by atoms with E-state index < -0.39 is 5.54 Å². The molecule has 21 heavy (non-hydrogen) atoms. The highest BCUT2D eigenvalue weighted by Crippen LogP contribution is 2.50. The molecule has 0 aromatic rings. The quantitative estimate of drug-likeness (QED) is 0.777. The summed E-state index contributed by atoms with van der Waals surface area (Å²) in [6.07, 6.45) is 6.24. The van der Waals surface area contributed by atoms with Crippen LogP contribution in [0.25, 0.3) is 0 Å². The Bertz CT molecular complexity index is 448. The first-order chi connectivity index (χ1) is 9.95. The molecule has 0 radical (unpaired) electrons. The normalized spacial score (nSPS) is 38.0. The van der Waals surface area contributed by atoms with E-state index >= 15 is 0 Å². The zero-order valence-electron chi connectivity index (χ0n) is 13.2. The molecule has 3 fully saturated rings. The summed E-state index contributed by atoms with van der Waals surface area (Å²) in [5.74, 6) is 0.440. The van der Waals surface area contributed by atoms with Crippen LogP contribution in [0.3, 0.4) is 0 Å². The van der Waals surface area contributed by atoms with Crippen LogP contribution in [0.15, 0.2) is 0 Å². The highest BCUT2D eigenvalue weighted by molar-refractivity contribution is 6.07. The van der Waals surface area contributed by atoms with Crippen molar-refractivity contribution >= 4 is 11.9 Å². The van der Waals surface area contributed by atoms with Gasteiger partial charge in [-0.2, -0.15) is 0 Å². The summed E-state index contributed by atoms with van der Waals surface area (Å²) in [6.45, 7) is 5.38. The Hall–Kier alpha value is -1.10. The third-order valence-electron chi connectivity index (χ3n) is 6.11. The molecule has 2 atom stereocenters. The van der Waals surface area contributed by atoms with E-state index in [0.717, 1.165) is 38.5 Å². The molecule has 5 heteroatoms. The molecule has 3 aliphatic rings. The molecule has 1 spiro atoms. The van der Waals surface area contributed by atoms with Crippen LogP contribution in [0.5, 0.6) is 0 Å². The van der Waals surface area contributed by atoms with Gasteiger partial charge in [-0.1, -0.05) is 20.3 Å². The molecule has 1 saturated heterocycles. The van der Waals surface area contributed by atoms with Crippen molar-refractivity contribution in [2.75, 3.05) is 13.1 Å². The van der Waals surface area contributed by atoms with Crippen LogP contribution in [0.2, 0.25) is 0 Å². The minimum atomic E-state index is -0.659. The summed E-state index contributed by atoms with van der Waals surface area (Å²) in [6, 6.07) is -0.191. The monoisotopic (exact) mass is 293 g/mol. The number of nitrogens with two attached hydrogens (primary N) is 1. The van der Waals surface area contributed by atoms with E-state index in [0.29, 0.717) is 13.1 Å². The fraction of sp³-hybridized carbons (Fsp3) is 0.875. The van der Waals surface area contributed by atoms with Gasteiger partial charge in [-0.3, -0.25) is 9.69 Å². The largest absolute Gasteiger partial charge is 0.330 e. The average Bonchev–Trinajstić information content (AvgIpc) is 3.14. The number of nitrogens with one attached hydrogen (secondary N) is 1. The number of nitrogens with zero attached hydrogens (tertiary/aromatic N) is 1. The number of carbonyl (C=O) groups is 2. The smallest absolute Gasteiger partial charge is 0.325 e. The van der Waals surface area contributed by atoms with Crippen molar-refractivity contribution in [3.05, 3.63) is 0 Å². The fourth-order valence-electron chi connectivity index (χ4n) is 4.40. The molecular formula is C16H27N3O2. The highest BCUT2D eigenvalue weighted by Gasteiger charge is 2.60. The zero-order valence-corrected chi connectivity index (χ0v) is 13.2. The van der Waals surface area contributed by atoms with Crippen LogP contribution in [0.4, 0.5) is 4.79 Å². The van der Waals surface area contributed by atoms with Gasteiger partial charge in [0.15, 0.2) is 0 Å². The number of hydrogen-bond donors (Lipinski definition) is 2. The third kappa shape index (κ3) is 2.17. The van der Waals surface area contributed by atoms with Crippen molar-refractivity contribution in [1.29, 1.82) is 0 Å². The second-order valence-corrected chi connectivity index (χ2v) is 7.46. The molecule has 1 aliphatic heterocycles. The lowest BCUT2D eigenvalue weighted by Crippen LogP contribution is -2.59. The molecule has 5 nitrogen and oxygen atoms in total. The second-order valence-electron chi connectivity index (χ2n) is 7.46. The molecule has 2 aliphatic carbocycles. The highest BCUT2D eigenvalue weighted by atomic mass is 16.2. The molecule has 3 amide bonds. The Morgan fingerprint density at radius 1 is 1.24 bits per heavy atom. The number of urea groups is 1. The van der Waals surface area contributed by atoms with Gasteiger partial charge >= 0.3 is 6.03 Å². The van der Waals surface area contributed by atoms with E-state index in [2.05, 4.69) is 19.2 Å². The van der Waals surface area contributed by atoms with Crippen molar-refractivity contribution in [3.63, 3.8) is 0 Å². The lowest BCUT2D eigenvalue weighted by Gasteiger charge is -2.42. The van der Waals surface area contributed by atoms with Gasteiger partial charge in [-0.25, -0.2) is 4.79 Å². The Morgan fingerprint density at radius 3 is 2.38 bits per heavy atom. The zero-order chi connectivity index (χ0) is 15.3. The van der Waals surface area contributed by atoms with Gasteiger partial charge < -0.3 is 11.1 Å². The van der Waals surface area contributed by atoms with Crippen molar-refractivity contribution in [1.82, 2.24) is 10.2 Å². The van der Waals surface area contributed by atoms with Crippen molar-refractivity contribution in [3.8, 4) is 0 Å². The molecule has 1 heterocycles. The lowest BCUT2D eigenvalue weighted by molar-refractivity contribution is -0.137. The number of imide groups is 1. The van der Waals surface area contributed by atoms with E-state index in [9.17, 15) is 9.59 Å². The number of hydrogen-bond acceptors (Lipinski definition) is 3. The third-order valence-corrected chi connectivity index (χ3v) is 6.11. The predicted molar refractivity (Wildman–Crippen MR) is 80.5 cm³/mol. The maximum absolute atomic E-state index is 13.0. The molecule has 3 N–H and O–H groups in total. The Labute approximate surface area is 126 Å². The Balaban J connectivity index is 1.82. The molecule has 0 aromatic heterocycles. The minimum Gasteiger partial charge on any atom is -0.330 e. The first kappa shape index (κ1) is 14.8. The molecule has 2 unspecified atom stereocenters. The lowest BCUT2D eigenvalue weighted by atomic mass is 9.67. The van der Waals surface area contributed by atoms with Crippen molar-refractivity contribution < 1.29 is 9.59 Å². The standard InChI is InChI=1S/C16H27N3O2/c1-11-4-3-5-12(2)16(11)13(20)19(14(21)18-16)10-15(6-7-15)8-9-17/h11-12H,3-10,17H2,1-2H3,(H,18,21). The molecule has 118 valence electrons. The summed E-state index contributed by atoms with van der Waals surface area (Å²) in [4.78, 5) is 26.9. The maximum Gasteiger partial charge on any atom is 0.325 e. The summed E-state index contributed by atoms with van der Waals surface area (Å²) in [5.41, 5.74) is 5.12. The van der Waals surface area contributed by atoms with E-state index in [1.165, 1.54) is 4.90 Å². The van der Waals surface area contributed by atoms with Crippen LogP contribution in [0, 0.1) is 17.3 Å². The van der Waals surface area contributed by atoms with Crippen LogP contribution in [-0.2, 0) is 4.79 Å². The van der Waals surface area contributed by atoms with Crippen LogP contribution < -0.4 is 11.1 Å². The van der Waals surface area contributed by atoms with Crippen molar-refractivity contribution in [2.45, 2.75) is 57.9 Å². The molecule has 3 rings (SSSR count). The van der Waals surface area contributed by atoms with E-state index in [1.54, 1.807) is 0 Å². The minimum absolute atomic E-state index is 0.00972. The summed E-state index contributed by atoms with van der Waals surface area (Å²) < 4.78 is 0. The van der Waals surface area contributed by atoms with Gasteiger partial charge in [0.1, 0.15) is 5.54 Å². The Kier molecular flexibility index (Phi) is 3.51.